The molecule has 0 aliphatic heterocycles. The third kappa shape index (κ3) is 3.24. The Morgan fingerprint density at radius 3 is 2.73 bits per heavy atom. The summed E-state index contributed by atoms with van der Waals surface area (Å²) >= 11 is 5.19. The molecule has 0 amide bonds. The van der Waals surface area contributed by atoms with Crippen molar-refractivity contribution in [1.29, 1.82) is 0 Å². The fourth-order valence-corrected chi connectivity index (χ4v) is 1.63. The zero-order valence-corrected chi connectivity index (χ0v) is 9.40. The Balaban J connectivity index is 2.98. The monoisotopic (exact) mass is 253 g/mol. The van der Waals surface area contributed by atoms with Crippen LogP contribution in [0.4, 0.5) is 10.1 Å². The van der Waals surface area contributed by atoms with Gasteiger partial charge in [-0.25, -0.2) is 12.8 Å². The molecule has 0 aliphatic rings. The van der Waals surface area contributed by atoms with Crippen LogP contribution in [0.3, 0.4) is 0 Å². The molecule has 1 aromatic carbocycles. The standard InChI is InChI=1S/C8H9ClFNO3S/c1-14-8-4-6(2-3-7(8)10)11-15(12,13)5-9/h2-4,11H,5H2,1H3. The lowest BCUT2D eigenvalue weighted by atomic mass is 10.3. The molecule has 1 rings (SSSR count). The minimum absolute atomic E-state index is 0.0372. The van der Waals surface area contributed by atoms with Gasteiger partial charge in [0.25, 0.3) is 0 Å². The molecule has 0 unspecified atom stereocenters. The van der Waals surface area contributed by atoms with Crippen LogP contribution in [0.25, 0.3) is 0 Å². The molecule has 0 aromatic heterocycles. The minimum Gasteiger partial charge on any atom is -0.494 e. The van der Waals surface area contributed by atoms with Gasteiger partial charge in [0.15, 0.2) is 11.6 Å². The van der Waals surface area contributed by atoms with Crippen molar-refractivity contribution in [2.45, 2.75) is 0 Å². The number of benzene rings is 1. The van der Waals surface area contributed by atoms with Crippen LogP contribution < -0.4 is 9.46 Å². The van der Waals surface area contributed by atoms with Gasteiger partial charge in [0, 0.05) is 6.07 Å². The molecule has 0 heterocycles. The van der Waals surface area contributed by atoms with Crippen molar-refractivity contribution in [2.24, 2.45) is 0 Å². The Bertz CT molecular complexity index is 449. The third-order valence-electron chi connectivity index (χ3n) is 1.57. The van der Waals surface area contributed by atoms with Gasteiger partial charge in [0.1, 0.15) is 5.21 Å². The van der Waals surface area contributed by atoms with Crippen molar-refractivity contribution in [3.63, 3.8) is 0 Å². The average Bonchev–Trinajstić information content (AvgIpc) is 2.20. The molecule has 7 heteroatoms. The van der Waals surface area contributed by atoms with Crippen molar-refractivity contribution in [2.75, 3.05) is 17.0 Å². The molecule has 1 N–H and O–H groups in total. The summed E-state index contributed by atoms with van der Waals surface area (Å²) in [5.74, 6) is -0.601. The third-order valence-corrected chi connectivity index (χ3v) is 3.26. The Morgan fingerprint density at radius 2 is 2.20 bits per heavy atom. The van der Waals surface area contributed by atoms with E-state index in [1.54, 1.807) is 0 Å². The van der Waals surface area contributed by atoms with Crippen molar-refractivity contribution in [1.82, 2.24) is 0 Å². The smallest absolute Gasteiger partial charge is 0.246 e. The molecule has 15 heavy (non-hydrogen) atoms. The first-order chi connectivity index (χ1) is 6.98. The molecule has 0 aliphatic carbocycles. The normalized spacial score (nSPS) is 11.1. The number of alkyl halides is 1. The highest BCUT2D eigenvalue weighted by Crippen LogP contribution is 2.22. The molecule has 0 bridgehead atoms. The second kappa shape index (κ2) is 4.67. The highest BCUT2D eigenvalue weighted by molar-refractivity contribution is 7.93. The molecular weight excluding hydrogens is 245 g/mol. The van der Waals surface area contributed by atoms with Gasteiger partial charge in [-0.05, 0) is 12.1 Å². The molecule has 0 fully saturated rings. The molecular formula is C8H9ClFNO3S. The van der Waals surface area contributed by atoms with E-state index in [9.17, 15) is 12.8 Å². The quantitative estimate of drug-likeness (QED) is 0.832. The Kier molecular flexibility index (Phi) is 3.76. The van der Waals surface area contributed by atoms with Crippen LogP contribution in [0.2, 0.25) is 0 Å². The van der Waals surface area contributed by atoms with E-state index in [-0.39, 0.29) is 11.4 Å². The Labute approximate surface area is 92.1 Å². The van der Waals surface area contributed by atoms with E-state index in [1.165, 1.54) is 19.2 Å². The first-order valence-corrected chi connectivity index (χ1v) is 6.07. The maximum Gasteiger partial charge on any atom is 0.246 e. The zero-order valence-electron chi connectivity index (χ0n) is 7.83. The van der Waals surface area contributed by atoms with E-state index in [0.29, 0.717) is 0 Å². The predicted octanol–water partition coefficient (Wildman–Crippen LogP) is 1.77. The van der Waals surface area contributed by atoms with Crippen molar-refractivity contribution in [3.8, 4) is 5.75 Å². The SMILES string of the molecule is COc1cc(NS(=O)(=O)CCl)ccc1F. The number of hydrogen-bond acceptors (Lipinski definition) is 3. The summed E-state index contributed by atoms with van der Waals surface area (Å²) in [6.45, 7) is 0. The number of ether oxygens (including phenoxy) is 1. The first-order valence-electron chi connectivity index (χ1n) is 3.88. The van der Waals surface area contributed by atoms with Gasteiger partial charge in [-0.15, -0.1) is 11.6 Å². The van der Waals surface area contributed by atoms with Gasteiger partial charge in [-0.2, -0.15) is 0 Å². The minimum atomic E-state index is -3.57. The summed E-state index contributed by atoms with van der Waals surface area (Å²) in [7, 11) is -2.28. The fraction of sp³-hybridized carbons (Fsp3) is 0.250. The summed E-state index contributed by atoms with van der Waals surface area (Å²) in [5, 5.41) is -0.563. The number of methoxy groups -OCH3 is 1. The number of nitrogens with one attached hydrogen (secondary N) is 1. The van der Waals surface area contributed by atoms with E-state index in [0.717, 1.165) is 6.07 Å². The number of anilines is 1. The van der Waals surface area contributed by atoms with Crippen molar-refractivity contribution < 1.29 is 17.5 Å². The summed E-state index contributed by atoms with van der Waals surface area (Å²) in [6, 6.07) is 3.62. The van der Waals surface area contributed by atoms with E-state index in [1.807, 2.05) is 0 Å². The average molecular weight is 254 g/mol. The van der Waals surface area contributed by atoms with Gasteiger partial charge in [-0.1, -0.05) is 0 Å². The van der Waals surface area contributed by atoms with Crippen LogP contribution in [-0.2, 0) is 10.0 Å². The van der Waals surface area contributed by atoms with Crippen molar-refractivity contribution in [3.05, 3.63) is 24.0 Å². The van der Waals surface area contributed by atoms with Gasteiger partial charge in [0.05, 0.1) is 12.8 Å². The topological polar surface area (TPSA) is 55.4 Å². The Morgan fingerprint density at radius 1 is 1.53 bits per heavy atom. The first kappa shape index (κ1) is 12.1. The summed E-state index contributed by atoms with van der Waals surface area (Å²) in [6.07, 6.45) is 0. The van der Waals surface area contributed by atoms with Gasteiger partial charge >= 0.3 is 0 Å². The van der Waals surface area contributed by atoms with Crippen LogP contribution in [0.15, 0.2) is 18.2 Å². The lowest BCUT2D eigenvalue weighted by Gasteiger charge is -2.07. The molecule has 0 atom stereocenters. The molecule has 0 spiro atoms. The largest absolute Gasteiger partial charge is 0.494 e. The van der Waals surface area contributed by atoms with E-state index < -0.39 is 21.1 Å². The second-order valence-electron chi connectivity index (χ2n) is 2.68. The lowest BCUT2D eigenvalue weighted by Crippen LogP contribution is -2.13. The van der Waals surface area contributed by atoms with Gasteiger partial charge < -0.3 is 4.74 Å². The molecule has 0 saturated carbocycles. The summed E-state index contributed by atoms with van der Waals surface area (Å²) in [4.78, 5) is 0. The van der Waals surface area contributed by atoms with Gasteiger partial charge in [-0.3, -0.25) is 4.72 Å². The number of sulfonamides is 1. The fourth-order valence-electron chi connectivity index (χ4n) is 0.930. The van der Waals surface area contributed by atoms with Gasteiger partial charge in [0.2, 0.25) is 10.0 Å². The second-order valence-corrected chi connectivity index (χ2v) is 4.98. The number of rotatable bonds is 4. The van der Waals surface area contributed by atoms with E-state index in [4.69, 9.17) is 16.3 Å². The highest BCUT2D eigenvalue weighted by atomic mass is 35.5. The summed E-state index contributed by atoms with van der Waals surface area (Å²) < 4.78 is 42.0. The molecule has 4 nitrogen and oxygen atoms in total. The van der Waals surface area contributed by atoms with Crippen LogP contribution in [0.1, 0.15) is 0 Å². The number of halogens is 2. The molecule has 0 saturated heterocycles. The lowest BCUT2D eigenvalue weighted by molar-refractivity contribution is 0.387. The van der Waals surface area contributed by atoms with Crippen LogP contribution in [-0.4, -0.2) is 20.7 Å². The molecule has 0 radical (unpaired) electrons. The van der Waals surface area contributed by atoms with E-state index >= 15 is 0 Å². The van der Waals surface area contributed by atoms with Crippen molar-refractivity contribution >= 4 is 27.3 Å². The van der Waals surface area contributed by atoms with Crippen LogP contribution in [0.5, 0.6) is 5.75 Å². The van der Waals surface area contributed by atoms with Crippen LogP contribution >= 0.6 is 11.6 Å². The predicted molar refractivity (Wildman–Crippen MR) is 56.2 cm³/mol. The number of hydrogen-bond donors (Lipinski definition) is 1. The highest BCUT2D eigenvalue weighted by Gasteiger charge is 2.10. The maximum absolute atomic E-state index is 13.0. The summed E-state index contributed by atoms with van der Waals surface area (Å²) in [5.41, 5.74) is 0.203. The molecule has 1 aromatic rings. The zero-order chi connectivity index (χ0) is 11.5. The maximum atomic E-state index is 13.0. The Hall–Kier alpha value is -1.01. The van der Waals surface area contributed by atoms with Crippen LogP contribution in [0, 0.1) is 5.82 Å². The van der Waals surface area contributed by atoms with E-state index in [2.05, 4.69) is 4.72 Å². The molecule has 84 valence electrons.